The first-order valence-corrected chi connectivity index (χ1v) is 15.8. The van der Waals surface area contributed by atoms with Crippen molar-refractivity contribution < 1.29 is 45.8 Å². The van der Waals surface area contributed by atoms with Crippen molar-refractivity contribution in [2.75, 3.05) is 19.0 Å². The Bertz CT molecular complexity index is 1540. The van der Waals surface area contributed by atoms with Gasteiger partial charge in [-0.25, -0.2) is 26.4 Å². The monoisotopic (exact) mass is 659 g/mol. The maximum Gasteiger partial charge on any atom is 0.407 e. The van der Waals surface area contributed by atoms with E-state index in [1.54, 1.807) is 13.8 Å². The summed E-state index contributed by atoms with van der Waals surface area (Å²) in [6.07, 6.45) is 0.374. The molecular weight excluding hydrogens is 627 g/mol. The number of methoxy groups -OCH3 is 1. The first kappa shape index (κ1) is 33.5. The predicted molar refractivity (Wildman–Crippen MR) is 154 cm³/mol. The lowest BCUT2D eigenvalue weighted by Gasteiger charge is -2.41. The number of rotatable bonds is 9. The summed E-state index contributed by atoms with van der Waals surface area (Å²) in [6, 6.07) is 3.80. The van der Waals surface area contributed by atoms with Gasteiger partial charge in [-0.2, -0.15) is 0 Å². The van der Waals surface area contributed by atoms with Crippen LogP contribution in [0.25, 0.3) is 0 Å². The van der Waals surface area contributed by atoms with Crippen molar-refractivity contribution in [2.24, 2.45) is 17.8 Å². The summed E-state index contributed by atoms with van der Waals surface area (Å²) in [5, 5.41) is 17.7. The molecule has 2 aliphatic rings. The van der Waals surface area contributed by atoms with Gasteiger partial charge in [0.2, 0.25) is 5.91 Å². The van der Waals surface area contributed by atoms with Gasteiger partial charge in [0.1, 0.15) is 6.04 Å². The van der Waals surface area contributed by atoms with E-state index in [-0.39, 0.29) is 46.5 Å². The summed E-state index contributed by atoms with van der Waals surface area (Å²) in [5.41, 5.74) is -1.94. The maximum absolute atomic E-state index is 13.9. The summed E-state index contributed by atoms with van der Waals surface area (Å²) in [4.78, 5) is 37.0. The summed E-state index contributed by atoms with van der Waals surface area (Å²) in [5.74, 6) is -7.37. The molecule has 2 fully saturated rings. The van der Waals surface area contributed by atoms with Crippen molar-refractivity contribution >= 4 is 45.0 Å². The number of carbonyl (C=O) groups excluding carboxylic acids is 3. The lowest BCUT2D eigenvalue weighted by atomic mass is 9.77. The molecule has 3 unspecified atom stereocenters. The molecule has 0 saturated heterocycles. The molecule has 4 N–H and O–H groups in total. The van der Waals surface area contributed by atoms with Crippen LogP contribution in [-0.4, -0.2) is 62.0 Å². The van der Waals surface area contributed by atoms with Crippen LogP contribution in [0.15, 0.2) is 35.2 Å². The molecule has 0 radical (unpaired) electrons. The average Bonchev–Trinajstić information content (AvgIpc) is 3.26. The second-order valence-corrected chi connectivity index (χ2v) is 14.1. The summed E-state index contributed by atoms with van der Waals surface area (Å²) < 4.78 is 72.9. The van der Waals surface area contributed by atoms with Crippen molar-refractivity contribution in [2.45, 2.75) is 61.3 Å². The number of hydrogen-bond acceptors (Lipinski definition) is 7. The van der Waals surface area contributed by atoms with Crippen LogP contribution in [0, 0.1) is 35.2 Å². The standard InChI is InChI=1S/C29H33ClF3N3O7S/c1-14(2)24(36-28(39)43-3)27(38)34-13-29(40)11-16-4-5-17(12-29)25(16)44(41,42)22-8-15(6-7-19(22)30)26(37)35-18-9-20(31)23(33)21(32)10-18/h6-10,14,16-17,24-25,40H,4-5,11-13H2,1-3H3,(H,34,38)(H,35,37)(H,36,39)/t16-,17?,24?,25?,29+/m1/s1. The fraction of sp³-hybridized carbons (Fsp3) is 0.483. The Balaban J connectivity index is 1.49. The van der Waals surface area contributed by atoms with Gasteiger partial charge in [-0.1, -0.05) is 25.4 Å². The molecule has 3 amide bonds. The summed E-state index contributed by atoms with van der Waals surface area (Å²) in [7, 11) is -2.97. The quantitative estimate of drug-likeness (QED) is 0.295. The van der Waals surface area contributed by atoms with E-state index < -0.39 is 73.9 Å². The minimum atomic E-state index is -4.14. The third-order valence-corrected chi connectivity index (χ3v) is 11.1. The molecule has 2 saturated carbocycles. The SMILES string of the molecule is COC(=O)NC(C(=O)NC[C@@]1(O)CC2CC[C@H](C1)C2S(=O)(=O)c1cc(C(=O)Nc2cc(F)c(F)c(F)c2)ccc1Cl)C(C)C. The molecular formula is C29H33ClF3N3O7S. The van der Waals surface area contributed by atoms with Gasteiger partial charge in [0.05, 0.1) is 27.9 Å². The molecule has 0 aromatic heterocycles. The molecule has 0 spiro atoms. The van der Waals surface area contributed by atoms with Crippen molar-refractivity contribution in [1.82, 2.24) is 10.6 Å². The van der Waals surface area contributed by atoms with Crippen LogP contribution in [0.4, 0.5) is 23.7 Å². The summed E-state index contributed by atoms with van der Waals surface area (Å²) in [6.45, 7) is 3.31. The maximum atomic E-state index is 13.9. The number of benzene rings is 2. The average molecular weight is 660 g/mol. The zero-order chi connectivity index (χ0) is 32.6. The number of carbonyl (C=O) groups is 3. The van der Waals surface area contributed by atoms with Crippen LogP contribution in [-0.2, 0) is 19.4 Å². The Morgan fingerprint density at radius 1 is 1.07 bits per heavy atom. The molecule has 5 atom stereocenters. The van der Waals surface area contributed by atoms with Crippen molar-refractivity contribution in [3.05, 3.63) is 58.4 Å². The van der Waals surface area contributed by atoms with Crippen LogP contribution in [0.2, 0.25) is 5.02 Å². The van der Waals surface area contributed by atoms with Crippen molar-refractivity contribution in [3.8, 4) is 0 Å². The van der Waals surface area contributed by atoms with Gasteiger partial charge in [0, 0.05) is 29.9 Å². The Hall–Kier alpha value is -3.36. The molecule has 2 bridgehead atoms. The van der Waals surface area contributed by atoms with Gasteiger partial charge in [-0.3, -0.25) is 9.59 Å². The van der Waals surface area contributed by atoms with Gasteiger partial charge in [-0.15, -0.1) is 0 Å². The zero-order valence-corrected chi connectivity index (χ0v) is 25.7. The summed E-state index contributed by atoms with van der Waals surface area (Å²) >= 11 is 6.29. The number of amides is 3. The second kappa shape index (κ2) is 12.9. The number of hydrogen-bond donors (Lipinski definition) is 4. The van der Waals surface area contributed by atoms with E-state index in [1.807, 2.05) is 0 Å². The molecule has 4 rings (SSSR count). The largest absolute Gasteiger partial charge is 0.453 e. The Kier molecular flexibility index (Phi) is 9.86. The van der Waals surface area contributed by atoms with E-state index in [0.717, 1.165) is 6.07 Å². The van der Waals surface area contributed by atoms with E-state index in [2.05, 4.69) is 20.7 Å². The van der Waals surface area contributed by atoms with E-state index in [0.29, 0.717) is 25.0 Å². The fourth-order valence-corrected chi connectivity index (χ4v) is 9.05. The number of fused-ring (bicyclic) bond motifs is 2. The van der Waals surface area contributed by atoms with Gasteiger partial charge in [0.25, 0.3) is 5.91 Å². The lowest BCUT2D eigenvalue weighted by Crippen LogP contribution is -2.55. The molecule has 2 aliphatic carbocycles. The molecule has 2 aromatic carbocycles. The third kappa shape index (κ3) is 6.97. The number of sulfone groups is 1. The van der Waals surface area contributed by atoms with E-state index in [9.17, 15) is 41.1 Å². The predicted octanol–water partition coefficient (Wildman–Crippen LogP) is 4.20. The normalized spacial score (nSPS) is 23.6. The smallest absolute Gasteiger partial charge is 0.407 e. The fourth-order valence-electron chi connectivity index (χ4n) is 6.21. The zero-order valence-electron chi connectivity index (χ0n) is 24.1. The van der Waals surface area contributed by atoms with Crippen molar-refractivity contribution in [3.63, 3.8) is 0 Å². The second-order valence-electron chi connectivity index (χ2n) is 11.7. The first-order chi connectivity index (χ1) is 20.6. The topological polar surface area (TPSA) is 151 Å². The number of anilines is 1. The highest BCUT2D eigenvalue weighted by Gasteiger charge is 2.54. The molecule has 0 aliphatic heterocycles. The molecule has 240 valence electrons. The van der Waals surface area contributed by atoms with E-state index >= 15 is 0 Å². The molecule has 44 heavy (non-hydrogen) atoms. The van der Waals surface area contributed by atoms with Gasteiger partial charge < -0.3 is 25.8 Å². The number of alkyl carbamates (subject to hydrolysis) is 1. The third-order valence-electron chi connectivity index (χ3n) is 8.22. The molecule has 10 nitrogen and oxygen atoms in total. The molecule has 0 heterocycles. The first-order valence-electron chi connectivity index (χ1n) is 13.9. The van der Waals surface area contributed by atoms with Crippen LogP contribution >= 0.6 is 11.6 Å². The van der Waals surface area contributed by atoms with Crippen LogP contribution < -0.4 is 16.0 Å². The van der Waals surface area contributed by atoms with E-state index in [4.69, 9.17) is 11.6 Å². The molecule has 15 heteroatoms. The highest BCUT2D eigenvalue weighted by molar-refractivity contribution is 7.92. The number of ether oxygens (including phenoxy) is 1. The highest BCUT2D eigenvalue weighted by atomic mass is 35.5. The van der Waals surface area contributed by atoms with Gasteiger partial charge in [-0.05, 0) is 61.6 Å². The van der Waals surface area contributed by atoms with Gasteiger partial charge in [0.15, 0.2) is 27.3 Å². The van der Waals surface area contributed by atoms with Gasteiger partial charge >= 0.3 is 6.09 Å². The van der Waals surface area contributed by atoms with Crippen LogP contribution in [0.1, 0.15) is 49.9 Å². The number of aliphatic hydroxyl groups is 1. The van der Waals surface area contributed by atoms with E-state index in [1.165, 1.54) is 19.2 Å². The minimum absolute atomic E-state index is 0.0734. The Morgan fingerprint density at radius 3 is 2.20 bits per heavy atom. The lowest BCUT2D eigenvalue weighted by molar-refractivity contribution is -0.126. The van der Waals surface area contributed by atoms with Crippen molar-refractivity contribution in [1.29, 1.82) is 0 Å². The minimum Gasteiger partial charge on any atom is -0.453 e. The number of nitrogens with one attached hydrogen (secondary N) is 3. The van der Waals surface area contributed by atoms with Crippen LogP contribution in [0.5, 0.6) is 0 Å². The molecule has 2 aromatic rings. The Labute approximate surface area is 257 Å². The Morgan fingerprint density at radius 2 is 1.66 bits per heavy atom. The van der Waals surface area contributed by atoms with Crippen LogP contribution in [0.3, 0.4) is 0 Å². The highest BCUT2D eigenvalue weighted by Crippen LogP contribution is 2.51. The number of halogens is 4.